The van der Waals surface area contributed by atoms with E-state index in [0.29, 0.717) is 25.7 Å². The van der Waals surface area contributed by atoms with Gasteiger partial charge in [-0.15, -0.1) is 0 Å². The standard InChI is InChI=1S/C12H26N2O3S/c1-9(2)13-6-12(5)18(15,16)14-7-10(3)17-11(4)8-14/h9-13H,6-8H2,1-5H3/t10-,11+,12?. The number of sulfonamides is 1. The van der Waals surface area contributed by atoms with Gasteiger partial charge < -0.3 is 10.1 Å². The molecule has 0 aromatic carbocycles. The zero-order chi connectivity index (χ0) is 13.9. The zero-order valence-electron chi connectivity index (χ0n) is 12.0. The Bertz CT molecular complexity index is 346. The molecular weight excluding hydrogens is 252 g/mol. The van der Waals surface area contributed by atoms with E-state index in [1.165, 1.54) is 0 Å². The van der Waals surface area contributed by atoms with E-state index >= 15 is 0 Å². The first-order chi connectivity index (χ1) is 8.23. The van der Waals surface area contributed by atoms with Gasteiger partial charge in [0.25, 0.3) is 0 Å². The molecule has 3 atom stereocenters. The molecule has 1 N–H and O–H groups in total. The number of ether oxygens (including phenoxy) is 1. The maximum Gasteiger partial charge on any atom is 0.218 e. The Balaban J connectivity index is 2.67. The lowest BCUT2D eigenvalue weighted by molar-refractivity contribution is -0.0442. The average molecular weight is 278 g/mol. The summed E-state index contributed by atoms with van der Waals surface area (Å²) in [7, 11) is -3.23. The highest BCUT2D eigenvalue weighted by Crippen LogP contribution is 2.17. The Morgan fingerprint density at radius 3 is 2.17 bits per heavy atom. The fourth-order valence-electron chi connectivity index (χ4n) is 2.10. The second-order valence-corrected chi connectivity index (χ2v) is 7.84. The monoisotopic (exact) mass is 278 g/mol. The van der Waals surface area contributed by atoms with Crippen LogP contribution in [-0.2, 0) is 14.8 Å². The number of morpholine rings is 1. The molecule has 0 aliphatic carbocycles. The lowest BCUT2D eigenvalue weighted by Gasteiger charge is -2.36. The molecule has 18 heavy (non-hydrogen) atoms. The number of rotatable bonds is 5. The Labute approximate surface area is 111 Å². The largest absolute Gasteiger partial charge is 0.373 e. The van der Waals surface area contributed by atoms with E-state index < -0.39 is 15.3 Å². The second-order valence-electron chi connectivity index (χ2n) is 5.49. The molecule has 0 amide bonds. The minimum Gasteiger partial charge on any atom is -0.373 e. The number of nitrogens with zero attached hydrogens (tertiary/aromatic N) is 1. The van der Waals surface area contributed by atoms with Gasteiger partial charge in [-0.2, -0.15) is 4.31 Å². The third-order valence-corrected chi connectivity index (χ3v) is 5.27. The molecular formula is C12H26N2O3S. The van der Waals surface area contributed by atoms with Crippen molar-refractivity contribution in [3.63, 3.8) is 0 Å². The molecule has 1 rings (SSSR count). The molecule has 0 bridgehead atoms. The first-order valence-electron chi connectivity index (χ1n) is 6.61. The first kappa shape index (κ1) is 15.9. The quantitative estimate of drug-likeness (QED) is 0.808. The van der Waals surface area contributed by atoms with Crippen molar-refractivity contribution in [1.29, 1.82) is 0 Å². The van der Waals surface area contributed by atoms with Crippen molar-refractivity contribution >= 4 is 10.0 Å². The van der Waals surface area contributed by atoms with Gasteiger partial charge in [0.05, 0.1) is 17.5 Å². The van der Waals surface area contributed by atoms with Gasteiger partial charge in [0.1, 0.15) is 0 Å². The number of hydrogen-bond donors (Lipinski definition) is 1. The molecule has 0 aromatic rings. The second kappa shape index (κ2) is 6.32. The molecule has 108 valence electrons. The van der Waals surface area contributed by atoms with E-state index in [4.69, 9.17) is 4.74 Å². The fraction of sp³-hybridized carbons (Fsp3) is 1.00. The Hall–Kier alpha value is -0.170. The van der Waals surface area contributed by atoms with Crippen molar-refractivity contribution < 1.29 is 13.2 Å². The van der Waals surface area contributed by atoms with Crippen LogP contribution in [0.25, 0.3) is 0 Å². The number of hydrogen-bond acceptors (Lipinski definition) is 4. The Morgan fingerprint density at radius 2 is 1.72 bits per heavy atom. The summed E-state index contributed by atoms with van der Waals surface area (Å²) < 4.78 is 32.0. The molecule has 0 radical (unpaired) electrons. The van der Waals surface area contributed by atoms with Crippen LogP contribution in [-0.4, -0.2) is 55.9 Å². The summed E-state index contributed by atoms with van der Waals surface area (Å²) >= 11 is 0. The van der Waals surface area contributed by atoms with Crippen molar-refractivity contribution in [2.45, 2.75) is 58.1 Å². The third kappa shape index (κ3) is 4.19. The van der Waals surface area contributed by atoms with Gasteiger partial charge in [0.15, 0.2) is 0 Å². The fourth-order valence-corrected chi connectivity index (χ4v) is 3.75. The summed E-state index contributed by atoms with van der Waals surface area (Å²) in [6.45, 7) is 11.0. The van der Waals surface area contributed by atoms with Crippen molar-refractivity contribution in [2.75, 3.05) is 19.6 Å². The zero-order valence-corrected chi connectivity index (χ0v) is 12.8. The van der Waals surface area contributed by atoms with Crippen LogP contribution in [0.15, 0.2) is 0 Å². The van der Waals surface area contributed by atoms with E-state index in [-0.39, 0.29) is 12.2 Å². The molecule has 0 aromatic heterocycles. The highest BCUT2D eigenvalue weighted by molar-refractivity contribution is 7.89. The topological polar surface area (TPSA) is 58.6 Å². The third-order valence-electron chi connectivity index (χ3n) is 3.07. The van der Waals surface area contributed by atoms with Crippen molar-refractivity contribution in [1.82, 2.24) is 9.62 Å². The predicted octanol–water partition coefficient (Wildman–Crippen LogP) is 0.812. The first-order valence-corrected chi connectivity index (χ1v) is 8.11. The van der Waals surface area contributed by atoms with Crippen molar-refractivity contribution in [3.05, 3.63) is 0 Å². The van der Waals surface area contributed by atoms with Crippen LogP contribution in [0.1, 0.15) is 34.6 Å². The summed E-state index contributed by atoms with van der Waals surface area (Å²) in [5.74, 6) is 0. The van der Waals surface area contributed by atoms with Crippen LogP contribution < -0.4 is 5.32 Å². The smallest absolute Gasteiger partial charge is 0.218 e. The normalized spacial score (nSPS) is 28.6. The highest BCUT2D eigenvalue weighted by atomic mass is 32.2. The molecule has 1 saturated heterocycles. The van der Waals surface area contributed by atoms with Gasteiger partial charge in [-0.05, 0) is 20.8 Å². The van der Waals surface area contributed by atoms with Gasteiger partial charge >= 0.3 is 0 Å². The molecule has 0 spiro atoms. The van der Waals surface area contributed by atoms with Crippen LogP contribution in [0.2, 0.25) is 0 Å². The van der Waals surface area contributed by atoms with Gasteiger partial charge in [-0.3, -0.25) is 0 Å². The van der Waals surface area contributed by atoms with Crippen LogP contribution in [0, 0.1) is 0 Å². The van der Waals surface area contributed by atoms with Crippen LogP contribution in [0.4, 0.5) is 0 Å². The summed E-state index contributed by atoms with van der Waals surface area (Å²) in [5, 5.41) is 2.77. The van der Waals surface area contributed by atoms with Crippen molar-refractivity contribution in [2.24, 2.45) is 0 Å². The molecule has 1 aliphatic rings. The van der Waals surface area contributed by atoms with Crippen LogP contribution >= 0.6 is 0 Å². The summed E-state index contributed by atoms with van der Waals surface area (Å²) in [6, 6.07) is 0.296. The maximum absolute atomic E-state index is 12.4. The maximum atomic E-state index is 12.4. The van der Waals surface area contributed by atoms with Gasteiger partial charge in [0.2, 0.25) is 10.0 Å². The predicted molar refractivity (Wildman–Crippen MR) is 73.1 cm³/mol. The molecule has 6 heteroatoms. The summed E-state index contributed by atoms with van der Waals surface area (Å²) in [4.78, 5) is 0. The molecule has 1 heterocycles. The van der Waals surface area contributed by atoms with E-state index in [1.807, 2.05) is 27.7 Å². The molecule has 1 fully saturated rings. The molecule has 0 saturated carbocycles. The number of nitrogens with one attached hydrogen (secondary N) is 1. The summed E-state index contributed by atoms with van der Waals surface area (Å²) in [5.41, 5.74) is 0. The minimum absolute atomic E-state index is 0.0335. The minimum atomic E-state index is -3.23. The van der Waals surface area contributed by atoms with Gasteiger partial charge in [-0.1, -0.05) is 13.8 Å². The Kier molecular flexibility index (Phi) is 5.58. The van der Waals surface area contributed by atoms with E-state index in [9.17, 15) is 8.42 Å². The van der Waals surface area contributed by atoms with Gasteiger partial charge in [-0.25, -0.2) is 8.42 Å². The van der Waals surface area contributed by atoms with E-state index in [1.54, 1.807) is 11.2 Å². The molecule has 5 nitrogen and oxygen atoms in total. The molecule has 1 aliphatic heterocycles. The molecule has 1 unspecified atom stereocenters. The van der Waals surface area contributed by atoms with Crippen LogP contribution in [0.5, 0.6) is 0 Å². The van der Waals surface area contributed by atoms with Crippen LogP contribution in [0.3, 0.4) is 0 Å². The lowest BCUT2D eigenvalue weighted by atomic mass is 10.3. The SMILES string of the molecule is CC(C)NCC(C)S(=O)(=O)N1C[C@@H](C)O[C@@H](C)C1. The average Bonchev–Trinajstić information content (AvgIpc) is 2.24. The highest BCUT2D eigenvalue weighted by Gasteiger charge is 2.34. The van der Waals surface area contributed by atoms with E-state index in [2.05, 4.69) is 5.32 Å². The van der Waals surface area contributed by atoms with Gasteiger partial charge in [0, 0.05) is 25.7 Å². The lowest BCUT2D eigenvalue weighted by Crippen LogP contribution is -2.52. The van der Waals surface area contributed by atoms with Crippen molar-refractivity contribution in [3.8, 4) is 0 Å². The van der Waals surface area contributed by atoms with E-state index in [0.717, 1.165) is 0 Å². The Morgan fingerprint density at radius 1 is 1.22 bits per heavy atom. The summed E-state index contributed by atoms with van der Waals surface area (Å²) in [6.07, 6.45) is -0.0671.